The van der Waals surface area contributed by atoms with E-state index in [0.29, 0.717) is 27.7 Å². The number of hydrogen-bond donors (Lipinski definition) is 1. The smallest absolute Gasteiger partial charge is 0.258 e. The molecule has 0 aliphatic carbocycles. The minimum Gasteiger partial charge on any atom is -0.431 e. The van der Waals surface area contributed by atoms with E-state index in [1.165, 1.54) is 23.9 Å². The summed E-state index contributed by atoms with van der Waals surface area (Å²) in [4.78, 5) is 23.8. The fourth-order valence-electron chi connectivity index (χ4n) is 2.56. The van der Waals surface area contributed by atoms with Crippen LogP contribution in [-0.4, -0.2) is 15.0 Å². The molecular formula is C19H14FN3O2S. The Hall–Kier alpha value is -2.93. The molecule has 2 heterocycles. The number of aromatic amines is 1. The first kappa shape index (κ1) is 16.5. The maximum atomic E-state index is 13.0. The molecule has 1 atom stereocenters. The maximum absolute atomic E-state index is 13.0. The lowest BCUT2D eigenvalue weighted by Crippen LogP contribution is -2.12. The number of oxazole rings is 1. The van der Waals surface area contributed by atoms with Crippen molar-refractivity contribution in [3.8, 4) is 11.3 Å². The molecule has 0 amide bonds. The molecule has 4 rings (SSSR count). The van der Waals surface area contributed by atoms with Gasteiger partial charge in [0.05, 0.1) is 22.3 Å². The van der Waals surface area contributed by atoms with Crippen LogP contribution < -0.4 is 5.56 Å². The van der Waals surface area contributed by atoms with Crippen molar-refractivity contribution in [2.24, 2.45) is 0 Å². The predicted octanol–water partition coefficient (Wildman–Crippen LogP) is 4.57. The van der Waals surface area contributed by atoms with E-state index >= 15 is 0 Å². The van der Waals surface area contributed by atoms with Gasteiger partial charge >= 0.3 is 0 Å². The lowest BCUT2D eigenvalue weighted by Gasteiger charge is -2.08. The standard InChI is InChI=1S/C19H14FN3O2S/c1-11(17-22-15-5-3-2-4-14(15)18(24)23-17)26-19-21-10-16(25-19)12-6-8-13(20)9-7-12/h2-11H,1H3,(H,22,23,24)/t11-/m1/s1. The van der Waals surface area contributed by atoms with Gasteiger partial charge in [0.1, 0.15) is 11.6 Å². The summed E-state index contributed by atoms with van der Waals surface area (Å²) in [7, 11) is 0. The van der Waals surface area contributed by atoms with E-state index in [1.807, 2.05) is 19.1 Å². The first-order valence-corrected chi connectivity index (χ1v) is 8.85. The van der Waals surface area contributed by atoms with Crippen LogP contribution in [0.3, 0.4) is 0 Å². The monoisotopic (exact) mass is 367 g/mol. The summed E-state index contributed by atoms with van der Waals surface area (Å²) in [6.45, 7) is 1.92. The topological polar surface area (TPSA) is 71.8 Å². The van der Waals surface area contributed by atoms with Gasteiger partial charge in [-0.25, -0.2) is 14.4 Å². The molecule has 0 radical (unpaired) electrons. The summed E-state index contributed by atoms with van der Waals surface area (Å²) in [5.74, 6) is 0.808. The van der Waals surface area contributed by atoms with Crippen molar-refractivity contribution in [3.05, 3.63) is 76.7 Å². The van der Waals surface area contributed by atoms with E-state index in [-0.39, 0.29) is 16.6 Å². The molecule has 0 aliphatic heterocycles. The second-order valence-electron chi connectivity index (χ2n) is 5.73. The van der Waals surface area contributed by atoms with E-state index < -0.39 is 0 Å². The summed E-state index contributed by atoms with van der Waals surface area (Å²) in [5, 5.41) is 0.850. The number of hydrogen-bond acceptors (Lipinski definition) is 5. The van der Waals surface area contributed by atoms with Gasteiger partial charge in [-0.1, -0.05) is 23.9 Å². The number of H-pyrrole nitrogens is 1. The number of fused-ring (bicyclic) bond motifs is 1. The fourth-order valence-corrected chi connectivity index (χ4v) is 3.34. The van der Waals surface area contributed by atoms with Crippen LogP contribution in [0.4, 0.5) is 4.39 Å². The first-order valence-electron chi connectivity index (χ1n) is 7.97. The second kappa shape index (κ2) is 6.76. The second-order valence-corrected chi connectivity index (χ2v) is 7.02. The number of para-hydroxylation sites is 1. The molecule has 26 heavy (non-hydrogen) atoms. The summed E-state index contributed by atoms with van der Waals surface area (Å²) in [6.07, 6.45) is 1.60. The number of halogens is 1. The molecule has 4 aromatic rings. The molecular weight excluding hydrogens is 353 g/mol. The van der Waals surface area contributed by atoms with Crippen LogP contribution in [0.1, 0.15) is 18.0 Å². The third-order valence-electron chi connectivity index (χ3n) is 3.91. The molecule has 0 saturated heterocycles. The first-order chi connectivity index (χ1) is 12.6. The van der Waals surface area contributed by atoms with Gasteiger partial charge < -0.3 is 9.40 Å². The van der Waals surface area contributed by atoms with Crippen LogP contribution in [0, 0.1) is 5.82 Å². The SMILES string of the molecule is C[C@@H](Sc1ncc(-c2ccc(F)cc2)o1)c1nc2ccccc2c(=O)[nH]1. The molecule has 0 fully saturated rings. The number of aromatic nitrogens is 3. The minimum absolute atomic E-state index is 0.160. The van der Waals surface area contributed by atoms with Crippen LogP contribution in [-0.2, 0) is 0 Å². The Morgan fingerprint density at radius 1 is 1.15 bits per heavy atom. The van der Waals surface area contributed by atoms with Crippen molar-refractivity contribution in [3.63, 3.8) is 0 Å². The normalized spacial score (nSPS) is 12.4. The third-order valence-corrected chi connectivity index (χ3v) is 4.87. The highest BCUT2D eigenvalue weighted by Gasteiger charge is 2.16. The number of thioether (sulfide) groups is 1. The van der Waals surface area contributed by atoms with Gasteiger partial charge in [0, 0.05) is 5.56 Å². The van der Waals surface area contributed by atoms with Gasteiger partial charge in [0.15, 0.2) is 5.76 Å². The Labute approximate surface area is 152 Å². The third kappa shape index (κ3) is 3.25. The molecule has 5 nitrogen and oxygen atoms in total. The Morgan fingerprint density at radius 3 is 2.73 bits per heavy atom. The van der Waals surface area contributed by atoms with Crippen LogP contribution in [0.15, 0.2) is 69.2 Å². The summed E-state index contributed by atoms with van der Waals surface area (Å²) in [6, 6.07) is 13.2. The minimum atomic E-state index is -0.303. The van der Waals surface area contributed by atoms with Gasteiger partial charge in [-0.2, -0.15) is 0 Å². The zero-order chi connectivity index (χ0) is 18.1. The lowest BCUT2D eigenvalue weighted by atomic mass is 10.2. The summed E-state index contributed by atoms with van der Waals surface area (Å²) < 4.78 is 18.8. The zero-order valence-corrected chi connectivity index (χ0v) is 14.6. The van der Waals surface area contributed by atoms with Crippen LogP contribution in [0.25, 0.3) is 22.2 Å². The van der Waals surface area contributed by atoms with Crippen molar-refractivity contribution in [2.45, 2.75) is 17.4 Å². The molecule has 1 N–H and O–H groups in total. The van der Waals surface area contributed by atoms with Gasteiger partial charge in [-0.15, -0.1) is 0 Å². The molecule has 0 unspecified atom stereocenters. The van der Waals surface area contributed by atoms with Crippen molar-refractivity contribution in [1.82, 2.24) is 15.0 Å². The zero-order valence-electron chi connectivity index (χ0n) is 13.8. The van der Waals surface area contributed by atoms with Crippen LogP contribution in [0.5, 0.6) is 0 Å². The molecule has 130 valence electrons. The number of nitrogens with zero attached hydrogens (tertiary/aromatic N) is 2. The quantitative estimate of drug-likeness (QED) is 0.535. The Balaban J connectivity index is 1.58. The van der Waals surface area contributed by atoms with Crippen molar-refractivity contribution < 1.29 is 8.81 Å². The average molecular weight is 367 g/mol. The van der Waals surface area contributed by atoms with Crippen LogP contribution in [0.2, 0.25) is 0 Å². The number of rotatable bonds is 4. The van der Waals surface area contributed by atoms with E-state index in [4.69, 9.17) is 4.42 Å². The predicted molar refractivity (Wildman–Crippen MR) is 98.5 cm³/mol. The molecule has 2 aromatic heterocycles. The number of benzene rings is 2. The largest absolute Gasteiger partial charge is 0.431 e. The maximum Gasteiger partial charge on any atom is 0.258 e. The van der Waals surface area contributed by atoms with Gasteiger partial charge in [0.2, 0.25) is 0 Å². The van der Waals surface area contributed by atoms with Gasteiger partial charge in [-0.3, -0.25) is 4.79 Å². The highest BCUT2D eigenvalue weighted by molar-refractivity contribution is 7.99. The lowest BCUT2D eigenvalue weighted by molar-refractivity contribution is 0.465. The molecule has 0 saturated carbocycles. The molecule has 2 aromatic carbocycles. The highest BCUT2D eigenvalue weighted by Crippen LogP contribution is 2.34. The highest BCUT2D eigenvalue weighted by atomic mass is 32.2. The van der Waals surface area contributed by atoms with Crippen molar-refractivity contribution in [2.75, 3.05) is 0 Å². The molecule has 7 heteroatoms. The molecule has 0 aliphatic rings. The van der Waals surface area contributed by atoms with Crippen LogP contribution >= 0.6 is 11.8 Å². The summed E-state index contributed by atoms with van der Waals surface area (Å²) in [5.41, 5.74) is 1.23. The Morgan fingerprint density at radius 2 is 1.92 bits per heavy atom. The van der Waals surface area contributed by atoms with Crippen molar-refractivity contribution >= 4 is 22.7 Å². The van der Waals surface area contributed by atoms with E-state index in [0.717, 1.165) is 5.56 Å². The van der Waals surface area contributed by atoms with E-state index in [2.05, 4.69) is 15.0 Å². The number of nitrogens with one attached hydrogen (secondary N) is 1. The van der Waals surface area contributed by atoms with Gasteiger partial charge in [0.25, 0.3) is 10.8 Å². The van der Waals surface area contributed by atoms with E-state index in [9.17, 15) is 9.18 Å². The van der Waals surface area contributed by atoms with Gasteiger partial charge in [-0.05, 0) is 43.3 Å². The Kier molecular flexibility index (Phi) is 4.30. The fraction of sp³-hybridized carbons (Fsp3) is 0.105. The molecule has 0 spiro atoms. The van der Waals surface area contributed by atoms with E-state index in [1.54, 1.807) is 30.5 Å². The molecule has 0 bridgehead atoms. The summed E-state index contributed by atoms with van der Waals surface area (Å²) >= 11 is 1.35. The van der Waals surface area contributed by atoms with Crippen molar-refractivity contribution in [1.29, 1.82) is 0 Å². The Bertz CT molecular complexity index is 1120. The average Bonchev–Trinajstić information content (AvgIpc) is 3.10.